The first-order valence-electron chi connectivity index (χ1n) is 6.24. The minimum Gasteiger partial charge on any atom is -0.497 e. The molecule has 0 amide bonds. The summed E-state index contributed by atoms with van der Waals surface area (Å²) >= 11 is 6.07. The van der Waals surface area contributed by atoms with Gasteiger partial charge in [-0.2, -0.15) is 0 Å². The Morgan fingerprint density at radius 2 is 2.00 bits per heavy atom. The molecule has 0 aliphatic carbocycles. The summed E-state index contributed by atoms with van der Waals surface area (Å²) in [6.07, 6.45) is 0. The Hall–Kier alpha value is -2.21. The van der Waals surface area contributed by atoms with Crippen LogP contribution in [0.25, 0.3) is 17.0 Å². The van der Waals surface area contributed by atoms with E-state index in [2.05, 4.69) is 15.2 Å². The Morgan fingerprint density at radius 3 is 2.67 bits per heavy atom. The Kier molecular flexibility index (Phi) is 3.25. The summed E-state index contributed by atoms with van der Waals surface area (Å²) in [5.74, 6) is 0.390. The van der Waals surface area contributed by atoms with Crippen molar-refractivity contribution in [1.82, 2.24) is 19.6 Å². The molecule has 0 saturated carbocycles. The molecule has 0 saturated heterocycles. The van der Waals surface area contributed by atoms with Crippen LogP contribution in [0.2, 0.25) is 5.15 Å². The van der Waals surface area contributed by atoms with Gasteiger partial charge in [0.05, 0.1) is 18.4 Å². The summed E-state index contributed by atoms with van der Waals surface area (Å²) in [5, 5.41) is 8.29. The molecule has 2 heterocycles. The Balaban J connectivity index is 2.31. The maximum atomic E-state index is 14.3. The van der Waals surface area contributed by atoms with Crippen molar-refractivity contribution >= 4 is 17.2 Å². The molecule has 7 heteroatoms. The Bertz CT molecular complexity index is 847. The normalized spacial score (nSPS) is 11.1. The molecule has 0 fully saturated rings. The van der Waals surface area contributed by atoms with Crippen LogP contribution in [0.15, 0.2) is 18.2 Å². The van der Waals surface area contributed by atoms with Crippen LogP contribution < -0.4 is 4.74 Å². The minimum absolute atomic E-state index is 0.241. The fourth-order valence-electron chi connectivity index (χ4n) is 2.15. The van der Waals surface area contributed by atoms with Gasteiger partial charge in [0.1, 0.15) is 11.6 Å². The lowest BCUT2D eigenvalue weighted by molar-refractivity contribution is 0.411. The second-order valence-electron chi connectivity index (χ2n) is 4.60. The van der Waals surface area contributed by atoms with Gasteiger partial charge in [-0.25, -0.2) is 9.37 Å². The molecular formula is C14H12ClFN4O. The topological polar surface area (TPSA) is 52.3 Å². The highest BCUT2D eigenvalue weighted by atomic mass is 35.5. The number of benzene rings is 1. The van der Waals surface area contributed by atoms with Crippen molar-refractivity contribution in [2.45, 2.75) is 13.8 Å². The van der Waals surface area contributed by atoms with Crippen LogP contribution in [0.1, 0.15) is 11.4 Å². The van der Waals surface area contributed by atoms with Crippen molar-refractivity contribution in [3.05, 3.63) is 40.6 Å². The third-order valence-electron chi connectivity index (χ3n) is 3.39. The van der Waals surface area contributed by atoms with Gasteiger partial charge >= 0.3 is 0 Å². The SMILES string of the molecule is COc1ccc(-c2nnc3c(Cl)nc(C)c(C)n23)c(F)c1. The van der Waals surface area contributed by atoms with E-state index >= 15 is 0 Å². The minimum atomic E-state index is -0.436. The predicted molar refractivity (Wildman–Crippen MR) is 77.2 cm³/mol. The highest BCUT2D eigenvalue weighted by Gasteiger charge is 2.18. The standard InChI is InChI=1S/C14H12ClFN4O/c1-7-8(2)20-13(18-19-14(20)12(15)17-7)10-5-4-9(21-3)6-11(10)16/h4-6H,1-3H3. The summed E-state index contributed by atoms with van der Waals surface area (Å²) in [4.78, 5) is 4.19. The molecule has 21 heavy (non-hydrogen) atoms. The van der Waals surface area contributed by atoms with Gasteiger partial charge in [-0.05, 0) is 26.0 Å². The number of aromatic nitrogens is 4. The smallest absolute Gasteiger partial charge is 0.199 e. The summed E-state index contributed by atoms with van der Waals surface area (Å²) in [5.41, 5.74) is 2.28. The largest absolute Gasteiger partial charge is 0.497 e. The second-order valence-corrected chi connectivity index (χ2v) is 4.96. The second kappa shape index (κ2) is 4.96. The average molecular weight is 307 g/mol. The lowest BCUT2D eigenvalue weighted by atomic mass is 10.2. The predicted octanol–water partition coefficient (Wildman–Crippen LogP) is 3.21. The molecule has 0 aliphatic rings. The Morgan fingerprint density at radius 1 is 1.24 bits per heavy atom. The third-order valence-corrected chi connectivity index (χ3v) is 3.64. The zero-order valence-corrected chi connectivity index (χ0v) is 12.4. The maximum absolute atomic E-state index is 14.3. The van der Waals surface area contributed by atoms with E-state index in [0.29, 0.717) is 22.8 Å². The van der Waals surface area contributed by atoms with E-state index in [1.54, 1.807) is 16.5 Å². The van der Waals surface area contributed by atoms with Gasteiger partial charge < -0.3 is 4.74 Å². The average Bonchev–Trinajstić information content (AvgIpc) is 2.90. The van der Waals surface area contributed by atoms with E-state index in [0.717, 1.165) is 11.4 Å². The van der Waals surface area contributed by atoms with Crippen molar-refractivity contribution < 1.29 is 9.13 Å². The summed E-state index contributed by atoms with van der Waals surface area (Å²) in [7, 11) is 1.49. The lowest BCUT2D eigenvalue weighted by Crippen LogP contribution is -2.01. The van der Waals surface area contributed by atoms with Crippen molar-refractivity contribution in [2.75, 3.05) is 7.11 Å². The van der Waals surface area contributed by atoms with Gasteiger partial charge in [-0.15, -0.1) is 10.2 Å². The molecule has 0 atom stereocenters. The van der Waals surface area contributed by atoms with Crippen LogP contribution >= 0.6 is 11.6 Å². The maximum Gasteiger partial charge on any atom is 0.199 e. The van der Waals surface area contributed by atoms with E-state index in [9.17, 15) is 4.39 Å². The van der Waals surface area contributed by atoms with Crippen LogP contribution in [-0.2, 0) is 0 Å². The van der Waals surface area contributed by atoms with Crippen molar-refractivity contribution in [3.8, 4) is 17.1 Å². The van der Waals surface area contributed by atoms with Crippen LogP contribution in [0.3, 0.4) is 0 Å². The number of nitrogens with zero attached hydrogens (tertiary/aromatic N) is 4. The lowest BCUT2D eigenvalue weighted by Gasteiger charge is -2.08. The number of hydrogen-bond donors (Lipinski definition) is 0. The van der Waals surface area contributed by atoms with Crippen LogP contribution in [-0.4, -0.2) is 26.7 Å². The van der Waals surface area contributed by atoms with Gasteiger partial charge in [0.15, 0.2) is 16.6 Å². The molecule has 0 aliphatic heterocycles. The van der Waals surface area contributed by atoms with Crippen LogP contribution in [0.4, 0.5) is 4.39 Å². The van der Waals surface area contributed by atoms with Crippen LogP contribution in [0, 0.1) is 19.7 Å². The first-order chi connectivity index (χ1) is 10.0. The molecule has 108 valence electrons. The number of halogens is 2. The van der Waals surface area contributed by atoms with E-state index in [-0.39, 0.29) is 5.15 Å². The molecule has 0 N–H and O–H groups in total. The van der Waals surface area contributed by atoms with Crippen LogP contribution in [0.5, 0.6) is 5.75 Å². The molecule has 3 aromatic rings. The molecule has 0 spiro atoms. The van der Waals surface area contributed by atoms with Crippen molar-refractivity contribution in [3.63, 3.8) is 0 Å². The van der Waals surface area contributed by atoms with Crippen molar-refractivity contribution in [1.29, 1.82) is 0 Å². The van der Waals surface area contributed by atoms with Gasteiger partial charge in [0.2, 0.25) is 0 Å². The number of aryl methyl sites for hydroxylation is 2. The first-order valence-corrected chi connectivity index (χ1v) is 6.62. The highest BCUT2D eigenvalue weighted by Crippen LogP contribution is 2.28. The fraction of sp³-hybridized carbons (Fsp3) is 0.214. The number of fused-ring (bicyclic) bond motifs is 1. The third kappa shape index (κ3) is 2.12. The summed E-state index contributed by atoms with van der Waals surface area (Å²) in [6.45, 7) is 3.69. The summed E-state index contributed by atoms with van der Waals surface area (Å²) < 4.78 is 21.0. The zero-order chi connectivity index (χ0) is 15.1. The van der Waals surface area contributed by atoms with Gasteiger partial charge in [-0.1, -0.05) is 11.6 Å². The van der Waals surface area contributed by atoms with E-state index in [1.165, 1.54) is 13.2 Å². The molecular weight excluding hydrogens is 295 g/mol. The summed E-state index contributed by atoms with van der Waals surface area (Å²) in [6, 6.07) is 4.58. The van der Waals surface area contributed by atoms with Crippen molar-refractivity contribution in [2.24, 2.45) is 0 Å². The Labute approximate surface area is 125 Å². The highest BCUT2D eigenvalue weighted by molar-refractivity contribution is 6.32. The van der Waals surface area contributed by atoms with Gasteiger partial charge in [0.25, 0.3) is 0 Å². The molecule has 3 rings (SSSR count). The quantitative estimate of drug-likeness (QED) is 0.729. The fourth-order valence-corrected chi connectivity index (χ4v) is 2.40. The van der Waals surface area contributed by atoms with E-state index in [4.69, 9.17) is 16.3 Å². The first kappa shape index (κ1) is 13.8. The number of hydrogen-bond acceptors (Lipinski definition) is 4. The van der Waals surface area contributed by atoms with Gasteiger partial charge in [-0.3, -0.25) is 4.40 Å². The van der Waals surface area contributed by atoms with E-state index < -0.39 is 5.82 Å². The van der Waals surface area contributed by atoms with Gasteiger partial charge in [0, 0.05) is 11.8 Å². The monoisotopic (exact) mass is 306 g/mol. The molecule has 0 unspecified atom stereocenters. The number of ether oxygens (including phenoxy) is 1. The number of rotatable bonds is 2. The number of methoxy groups -OCH3 is 1. The van der Waals surface area contributed by atoms with E-state index in [1.807, 2.05) is 13.8 Å². The zero-order valence-electron chi connectivity index (χ0n) is 11.7. The molecule has 1 aromatic carbocycles. The molecule has 2 aromatic heterocycles. The molecule has 0 bridgehead atoms. The molecule has 5 nitrogen and oxygen atoms in total. The molecule has 0 radical (unpaired) electrons.